The molecule has 3 aromatic rings. The molecule has 0 radical (unpaired) electrons. The molecule has 1 atom stereocenters. The molecular formula is C21H20N4O3S2. The van der Waals surface area contributed by atoms with Crippen LogP contribution < -0.4 is 5.32 Å². The summed E-state index contributed by atoms with van der Waals surface area (Å²) in [6.07, 6.45) is 0. The Morgan fingerprint density at radius 2 is 1.97 bits per heavy atom. The van der Waals surface area contributed by atoms with Crippen LogP contribution in [0.25, 0.3) is 10.2 Å². The van der Waals surface area contributed by atoms with E-state index in [0.29, 0.717) is 38.4 Å². The van der Waals surface area contributed by atoms with Gasteiger partial charge in [-0.3, -0.25) is 4.79 Å². The molecule has 1 N–H and O–H groups in total. The molecule has 7 nitrogen and oxygen atoms in total. The highest BCUT2D eigenvalue weighted by atomic mass is 32.2. The number of nitrogens with one attached hydrogen (secondary N) is 1. The van der Waals surface area contributed by atoms with E-state index in [9.17, 15) is 9.59 Å². The standard InChI is InChI=1S/C21H20N4O3S2/c1-5-28-21(27)17-11(2)16-19(23-13(4)24-20(16)30-17)29-12(3)18(26)25-15-8-6-14(10-22)7-9-15/h6-9,12H,5H2,1-4H3,(H,25,26). The molecule has 9 heteroatoms. The summed E-state index contributed by atoms with van der Waals surface area (Å²) in [5.41, 5.74) is 1.90. The van der Waals surface area contributed by atoms with E-state index in [-0.39, 0.29) is 11.9 Å². The van der Waals surface area contributed by atoms with Gasteiger partial charge in [0.15, 0.2) is 0 Å². The number of carbonyl (C=O) groups excluding carboxylic acids is 2. The Morgan fingerprint density at radius 3 is 2.60 bits per heavy atom. The van der Waals surface area contributed by atoms with Gasteiger partial charge >= 0.3 is 5.97 Å². The monoisotopic (exact) mass is 440 g/mol. The van der Waals surface area contributed by atoms with Gasteiger partial charge in [0.1, 0.15) is 20.6 Å². The van der Waals surface area contributed by atoms with Crippen LogP contribution in [0.2, 0.25) is 0 Å². The van der Waals surface area contributed by atoms with E-state index in [2.05, 4.69) is 15.3 Å². The van der Waals surface area contributed by atoms with Gasteiger partial charge in [-0.2, -0.15) is 5.26 Å². The Bertz CT molecular complexity index is 1150. The molecule has 0 saturated heterocycles. The maximum absolute atomic E-state index is 12.7. The zero-order valence-corrected chi connectivity index (χ0v) is 18.6. The molecule has 2 aromatic heterocycles. The molecule has 0 aliphatic carbocycles. The average molecular weight is 441 g/mol. The molecule has 154 valence electrons. The highest BCUT2D eigenvalue weighted by Gasteiger charge is 2.24. The van der Waals surface area contributed by atoms with Crippen molar-refractivity contribution in [3.05, 3.63) is 46.1 Å². The number of esters is 1. The molecular weight excluding hydrogens is 420 g/mol. The summed E-state index contributed by atoms with van der Waals surface area (Å²) in [7, 11) is 0. The van der Waals surface area contributed by atoms with Crippen LogP contribution in [0.4, 0.5) is 5.69 Å². The maximum Gasteiger partial charge on any atom is 0.348 e. The second-order valence-corrected chi connectivity index (χ2v) is 8.80. The highest BCUT2D eigenvalue weighted by Crippen LogP contribution is 2.37. The lowest BCUT2D eigenvalue weighted by molar-refractivity contribution is -0.115. The van der Waals surface area contributed by atoms with Gasteiger partial charge in [0.05, 0.1) is 23.5 Å². The third-order valence-corrected chi connectivity index (χ3v) is 6.52. The molecule has 2 heterocycles. The van der Waals surface area contributed by atoms with Gasteiger partial charge in [0, 0.05) is 11.1 Å². The van der Waals surface area contributed by atoms with Crippen molar-refractivity contribution >= 4 is 50.9 Å². The smallest absolute Gasteiger partial charge is 0.348 e. The zero-order valence-electron chi connectivity index (χ0n) is 17.0. The Balaban J connectivity index is 1.85. The Labute approximate surface area is 182 Å². The van der Waals surface area contributed by atoms with Gasteiger partial charge in [-0.05, 0) is 57.5 Å². The largest absolute Gasteiger partial charge is 0.462 e. The number of hydrogen-bond acceptors (Lipinski definition) is 8. The van der Waals surface area contributed by atoms with E-state index in [1.54, 1.807) is 45.0 Å². The number of aryl methyl sites for hydroxylation is 2. The van der Waals surface area contributed by atoms with Crippen LogP contribution in [-0.2, 0) is 9.53 Å². The number of rotatable bonds is 6. The fraction of sp³-hybridized carbons (Fsp3) is 0.286. The Kier molecular flexibility index (Phi) is 6.70. The zero-order chi connectivity index (χ0) is 21.8. The lowest BCUT2D eigenvalue weighted by atomic mass is 10.2. The number of amides is 1. The molecule has 0 aliphatic rings. The lowest BCUT2D eigenvalue weighted by Gasteiger charge is -2.13. The first-order valence-electron chi connectivity index (χ1n) is 9.26. The van der Waals surface area contributed by atoms with Crippen LogP contribution >= 0.6 is 23.1 Å². The first-order chi connectivity index (χ1) is 14.3. The van der Waals surface area contributed by atoms with Gasteiger partial charge in [-0.15, -0.1) is 11.3 Å². The van der Waals surface area contributed by atoms with Crippen LogP contribution in [0, 0.1) is 25.2 Å². The molecule has 1 aromatic carbocycles. The molecule has 1 unspecified atom stereocenters. The van der Waals surface area contributed by atoms with E-state index < -0.39 is 5.25 Å². The molecule has 1 amide bonds. The molecule has 0 spiro atoms. The summed E-state index contributed by atoms with van der Waals surface area (Å²) in [5, 5.41) is 12.7. The van der Waals surface area contributed by atoms with Crippen LogP contribution in [-0.4, -0.2) is 33.7 Å². The Hall–Kier alpha value is -2.96. The summed E-state index contributed by atoms with van der Waals surface area (Å²) in [6.45, 7) is 7.48. The van der Waals surface area contributed by atoms with Crippen molar-refractivity contribution in [1.82, 2.24) is 9.97 Å². The van der Waals surface area contributed by atoms with Gasteiger partial charge in [-0.25, -0.2) is 14.8 Å². The van der Waals surface area contributed by atoms with Crippen molar-refractivity contribution in [3.8, 4) is 6.07 Å². The van der Waals surface area contributed by atoms with Crippen LogP contribution in [0.5, 0.6) is 0 Å². The minimum Gasteiger partial charge on any atom is -0.462 e. The quantitative estimate of drug-likeness (QED) is 0.342. The summed E-state index contributed by atoms with van der Waals surface area (Å²) >= 11 is 2.59. The van der Waals surface area contributed by atoms with Crippen molar-refractivity contribution in [2.75, 3.05) is 11.9 Å². The second-order valence-electron chi connectivity index (χ2n) is 6.47. The number of aromatic nitrogens is 2. The third kappa shape index (κ3) is 4.61. The second kappa shape index (κ2) is 9.24. The first-order valence-corrected chi connectivity index (χ1v) is 11.0. The summed E-state index contributed by atoms with van der Waals surface area (Å²) < 4.78 is 5.14. The van der Waals surface area contributed by atoms with Crippen LogP contribution in [0.3, 0.4) is 0 Å². The SMILES string of the molecule is CCOC(=O)c1sc2nc(C)nc(SC(C)C(=O)Nc3ccc(C#N)cc3)c2c1C. The fourth-order valence-corrected chi connectivity index (χ4v) is 5.01. The van der Waals surface area contributed by atoms with E-state index in [1.165, 1.54) is 23.1 Å². The minimum absolute atomic E-state index is 0.187. The number of anilines is 1. The third-order valence-electron chi connectivity index (χ3n) is 4.27. The van der Waals surface area contributed by atoms with Crippen molar-refractivity contribution in [2.45, 2.75) is 38.0 Å². The predicted octanol–water partition coefficient (Wildman–Crippen LogP) is 4.48. The summed E-state index contributed by atoms with van der Waals surface area (Å²) in [5.74, 6) is 0.00666. The molecule has 3 rings (SSSR count). The van der Waals surface area contributed by atoms with Crippen LogP contribution in [0.1, 0.15) is 40.5 Å². The lowest BCUT2D eigenvalue weighted by Crippen LogP contribution is -2.22. The molecule has 0 bridgehead atoms. The number of thiophene rings is 1. The number of hydrogen-bond donors (Lipinski definition) is 1. The van der Waals surface area contributed by atoms with Crippen molar-refractivity contribution < 1.29 is 14.3 Å². The molecule has 0 aliphatic heterocycles. The number of thioether (sulfide) groups is 1. The van der Waals surface area contributed by atoms with Crippen molar-refractivity contribution in [2.24, 2.45) is 0 Å². The number of nitriles is 1. The number of nitrogens with zero attached hydrogens (tertiary/aromatic N) is 3. The fourth-order valence-electron chi connectivity index (χ4n) is 2.77. The summed E-state index contributed by atoms with van der Waals surface area (Å²) in [6, 6.07) is 8.72. The average Bonchev–Trinajstić information content (AvgIpc) is 3.05. The highest BCUT2D eigenvalue weighted by molar-refractivity contribution is 8.00. The van der Waals surface area contributed by atoms with E-state index >= 15 is 0 Å². The first kappa shape index (κ1) is 21.7. The minimum atomic E-state index is -0.441. The number of benzene rings is 1. The molecule has 0 fully saturated rings. The van der Waals surface area contributed by atoms with Crippen molar-refractivity contribution in [3.63, 3.8) is 0 Å². The number of carbonyl (C=O) groups is 2. The molecule has 30 heavy (non-hydrogen) atoms. The number of ether oxygens (including phenoxy) is 1. The van der Waals surface area contributed by atoms with Crippen LogP contribution in [0.15, 0.2) is 29.3 Å². The van der Waals surface area contributed by atoms with E-state index in [0.717, 1.165) is 10.9 Å². The van der Waals surface area contributed by atoms with E-state index in [4.69, 9.17) is 10.00 Å². The number of fused-ring (bicyclic) bond motifs is 1. The van der Waals surface area contributed by atoms with Gasteiger partial charge < -0.3 is 10.1 Å². The van der Waals surface area contributed by atoms with Gasteiger partial charge in [-0.1, -0.05) is 11.8 Å². The maximum atomic E-state index is 12.7. The van der Waals surface area contributed by atoms with Gasteiger partial charge in [0.2, 0.25) is 5.91 Å². The van der Waals surface area contributed by atoms with Gasteiger partial charge in [0.25, 0.3) is 0 Å². The van der Waals surface area contributed by atoms with E-state index in [1.807, 2.05) is 13.0 Å². The summed E-state index contributed by atoms with van der Waals surface area (Å²) in [4.78, 5) is 35.1. The molecule has 0 saturated carbocycles. The topological polar surface area (TPSA) is 105 Å². The predicted molar refractivity (Wildman–Crippen MR) is 118 cm³/mol. The Morgan fingerprint density at radius 1 is 1.27 bits per heavy atom. The van der Waals surface area contributed by atoms with Crippen molar-refractivity contribution in [1.29, 1.82) is 5.26 Å². The normalized spacial score (nSPS) is 11.7.